The molecule has 2 aromatic rings. The molecule has 5 nitrogen and oxygen atoms in total. The molecule has 0 spiro atoms. The number of ether oxygens (including phenoxy) is 1. The van der Waals surface area contributed by atoms with Crippen molar-refractivity contribution >= 4 is 28.9 Å². The molecule has 1 amide bonds. The van der Waals surface area contributed by atoms with E-state index in [1.165, 1.54) is 19.2 Å². The van der Waals surface area contributed by atoms with Gasteiger partial charge in [0.25, 0.3) is 5.91 Å². The molecule has 26 heavy (non-hydrogen) atoms. The standard InChI is InChI=1S/C18H18ClF2N3O2/c1-26-17-10-15(22)13(19)9-12(17)18(25)24-6-4-23(5-7-24)16-8-11(20)2-3-14(16)21/h2-3,8-10H,4-7,22H2,1H3. The maximum atomic E-state index is 13.9. The number of halogens is 3. The van der Waals surface area contributed by atoms with Crippen LogP contribution in [0.1, 0.15) is 10.4 Å². The number of amides is 1. The lowest BCUT2D eigenvalue weighted by molar-refractivity contribution is 0.0743. The van der Waals surface area contributed by atoms with Crippen LogP contribution in [0.5, 0.6) is 5.75 Å². The van der Waals surface area contributed by atoms with E-state index >= 15 is 0 Å². The molecule has 8 heteroatoms. The first kappa shape index (κ1) is 18.3. The Morgan fingerprint density at radius 2 is 1.85 bits per heavy atom. The van der Waals surface area contributed by atoms with Gasteiger partial charge in [-0.15, -0.1) is 0 Å². The monoisotopic (exact) mass is 381 g/mol. The molecular weight excluding hydrogens is 364 g/mol. The highest BCUT2D eigenvalue weighted by Gasteiger charge is 2.26. The van der Waals surface area contributed by atoms with Gasteiger partial charge in [-0.25, -0.2) is 8.78 Å². The Morgan fingerprint density at radius 1 is 1.15 bits per heavy atom. The summed E-state index contributed by atoms with van der Waals surface area (Å²) in [5.41, 5.74) is 6.58. The molecule has 1 saturated heterocycles. The highest BCUT2D eigenvalue weighted by Crippen LogP contribution is 2.30. The van der Waals surface area contributed by atoms with E-state index in [1.807, 2.05) is 0 Å². The topological polar surface area (TPSA) is 58.8 Å². The largest absolute Gasteiger partial charge is 0.496 e. The summed E-state index contributed by atoms with van der Waals surface area (Å²) in [6, 6.07) is 6.33. The van der Waals surface area contributed by atoms with Gasteiger partial charge in [-0.3, -0.25) is 4.79 Å². The maximum absolute atomic E-state index is 13.9. The molecule has 0 saturated carbocycles. The number of piperazine rings is 1. The molecule has 0 aliphatic carbocycles. The number of anilines is 2. The van der Waals surface area contributed by atoms with E-state index in [4.69, 9.17) is 22.1 Å². The predicted octanol–water partition coefficient (Wildman–Crippen LogP) is 3.17. The van der Waals surface area contributed by atoms with Crippen LogP contribution in [0.4, 0.5) is 20.2 Å². The summed E-state index contributed by atoms with van der Waals surface area (Å²) >= 11 is 6.02. The Balaban J connectivity index is 1.75. The van der Waals surface area contributed by atoms with Gasteiger partial charge in [0, 0.05) is 38.3 Å². The number of hydrogen-bond acceptors (Lipinski definition) is 4. The lowest BCUT2D eigenvalue weighted by atomic mass is 10.1. The van der Waals surface area contributed by atoms with E-state index in [0.29, 0.717) is 43.2 Å². The van der Waals surface area contributed by atoms with Crippen molar-refractivity contribution in [2.75, 3.05) is 43.9 Å². The summed E-state index contributed by atoms with van der Waals surface area (Å²) in [4.78, 5) is 16.1. The maximum Gasteiger partial charge on any atom is 0.257 e. The average Bonchev–Trinajstić information content (AvgIpc) is 2.65. The second kappa shape index (κ2) is 7.37. The van der Waals surface area contributed by atoms with Gasteiger partial charge in [-0.05, 0) is 18.2 Å². The van der Waals surface area contributed by atoms with Crippen LogP contribution < -0.4 is 15.4 Å². The molecule has 2 aromatic carbocycles. The van der Waals surface area contributed by atoms with E-state index in [9.17, 15) is 13.6 Å². The fourth-order valence-corrected chi connectivity index (χ4v) is 3.12. The van der Waals surface area contributed by atoms with Gasteiger partial charge < -0.3 is 20.3 Å². The van der Waals surface area contributed by atoms with Crippen LogP contribution in [0, 0.1) is 11.6 Å². The van der Waals surface area contributed by atoms with Crippen molar-refractivity contribution in [3.63, 3.8) is 0 Å². The van der Waals surface area contributed by atoms with Gasteiger partial charge >= 0.3 is 0 Å². The summed E-state index contributed by atoms with van der Waals surface area (Å²) < 4.78 is 32.5. The van der Waals surface area contributed by atoms with Crippen molar-refractivity contribution in [3.05, 3.63) is 52.6 Å². The Hall–Kier alpha value is -2.54. The zero-order chi connectivity index (χ0) is 18.8. The number of benzene rings is 2. The van der Waals surface area contributed by atoms with Crippen molar-refractivity contribution in [1.29, 1.82) is 0 Å². The number of carbonyl (C=O) groups excluding carboxylic acids is 1. The number of nitrogens with zero attached hydrogens (tertiary/aromatic N) is 2. The van der Waals surface area contributed by atoms with Crippen LogP contribution in [0.2, 0.25) is 5.02 Å². The lowest BCUT2D eigenvalue weighted by Gasteiger charge is -2.36. The molecule has 1 aliphatic heterocycles. The Morgan fingerprint density at radius 3 is 2.50 bits per heavy atom. The highest BCUT2D eigenvalue weighted by atomic mass is 35.5. The van der Waals surface area contributed by atoms with E-state index in [0.717, 1.165) is 18.2 Å². The van der Waals surface area contributed by atoms with Crippen molar-refractivity contribution < 1.29 is 18.3 Å². The summed E-state index contributed by atoms with van der Waals surface area (Å²) in [6.07, 6.45) is 0. The molecule has 2 N–H and O–H groups in total. The van der Waals surface area contributed by atoms with Crippen LogP contribution in [-0.4, -0.2) is 44.1 Å². The van der Waals surface area contributed by atoms with Gasteiger partial charge in [0.15, 0.2) is 0 Å². The molecule has 0 atom stereocenters. The van der Waals surface area contributed by atoms with E-state index in [-0.39, 0.29) is 16.6 Å². The number of carbonyl (C=O) groups is 1. The summed E-state index contributed by atoms with van der Waals surface area (Å²) in [5.74, 6) is -0.891. The minimum atomic E-state index is -0.499. The van der Waals surface area contributed by atoms with Crippen LogP contribution in [0.25, 0.3) is 0 Å². The first-order chi connectivity index (χ1) is 12.4. The van der Waals surface area contributed by atoms with Crippen LogP contribution in [0.3, 0.4) is 0 Å². The number of rotatable bonds is 3. The van der Waals surface area contributed by atoms with Crippen LogP contribution in [0.15, 0.2) is 30.3 Å². The van der Waals surface area contributed by atoms with Crippen LogP contribution >= 0.6 is 11.6 Å². The Labute approximate surface area is 154 Å². The predicted molar refractivity (Wildman–Crippen MR) is 96.9 cm³/mol. The smallest absolute Gasteiger partial charge is 0.257 e. The summed E-state index contributed by atoms with van der Waals surface area (Å²) in [5, 5.41) is 0.273. The fraction of sp³-hybridized carbons (Fsp3) is 0.278. The molecule has 0 bridgehead atoms. The van der Waals surface area contributed by atoms with Gasteiger partial charge in [-0.1, -0.05) is 11.6 Å². The van der Waals surface area contributed by atoms with E-state index in [1.54, 1.807) is 9.80 Å². The fourth-order valence-electron chi connectivity index (χ4n) is 2.95. The second-order valence-electron chi connectivity index (χ2n) is 5.95. The Kier molecular flexibility index (Phi) is 5.18. The number of nitrogen functional groups attached to an aromatic ring is 1. The molecule has 0 unspecified atom stereocenters. The third-order valence-electron chi connectivity index (χ3n) is 4.36. The summed E-state index contributed by atoms with van der Waals surface area (Å²) in [7, 11) is 1.45. The molecule has 1 heterocycles. The van der Waals surface area contributed by atoms with Crippen molar-refractivity contribution in [2.45, 2.75) is 0 Å². The normalized spacial score (nSPS) is 14.5. The molecule has 0 aromatic heterocycles. The Bertz CT molecular complexity index is 839. The van der Waals surface area contributed by atoms with Gasteiger partial charge in [-0.2, -0.15) is 0 Å². The molecule has 0 radical (unpaired) electrons. The van der Waals surface area contributed by atoms with Crippen molar-refractivity contribution in [3.8, 4) is 5.75 Å². The number of hydrogen-bond donors (Lipinski definition) is 1. The van der Waals surface area contributed by atoms with Crippen molar-refractivity contribution in [1.82, 2.24) is 4.90 Å². The molecule has 1 fully saturated rings. The van der Waals surface area contributed by atoms with Crippen molar-refractivity contribution in [2.24, 2.45) is 0 Å². The first-order valence-electron chi connectivity index (χ1n) is 8.03. The molecular formula is C18H18ClF2N3O2. The molecule has 1 aliphatic rings. The first-order valence-corrected chi connectivity index (χ1v) is 8.40. The van der Waals surface area contributed by atoms with E-state index in [2.05, 4.69) is 0 Å². The third kappa shape index (κ3) is 3.53. The summed E-state index contributed by atoms with van der Waals surface area (Å²) in [6.45, 7) is 1.49. The second-order valence-corrected chi connectivity index (χ2v) is 6.36. The van der Waals surface area contributed by atoms with E-state index < -0.39 is 11.6 Å². The number of methoxy groups -OCH3 is 1. The lowest BCUT2D eigenvalue weighted by Crippen LogP contribution is -2.49. The third-order valence-corrected chi connectivity index (χ3v) is 4.69. The highest BCUT2D eigenvalue weighted by molar-refractivity contribution is 6.33. The SMILES string of the molecule is COc1cc(N)c(Cl)cc1C(=O)N1CCN(c2cc(F)ccc2F)CC1. The minimum Gasteiger partial charge on any atom is -0.496 e. The molecule has 3 rings (SSSR count). The number of nitrogens with two attached hydrogens (primary N) is 1. The molecule has 138 valence electrons. The zero-order valence-corrected chi connectivity index (χ0v) is 14.9. The quantitative estimate of drug-likeness (QED) is 0.830. The minimum absolute atomic E-state index is 0.199. The van der Waals surface area contributed by atoms with Crippen LogP contribution in [-0.2, 0) is 0 Å². The zero-order valence-electron chi connectivity index (χ0n) is 14.1. The average molecular weight is 382 g/mol. The van der Waals surface area contributed by atoms with Gasteiger partial charge in [0.1, 0.15) is 17.4 Å². The van der Waals surface area contributed by atoms with Gasteiger partial charge in [0.05, 0.1) is 29.1 Å². The van der Waals surface area contributed by atoms with Gasteiger partial charge in [0.2, 0.25) is 0 Å².